The normalized spacial score (nSPS) is 11.8. The number of hydrogen-bond donors (Lipinski definition) is 1. The molecule has 348 valence electrons. The average molecular weight is 957 g/mol. The van der Waals surface area contributed by atoms with Crippen LogP contribution >= 0.6 is 56.7 Å². The molecule has 0 fully saturated rings. The first kappa shape index (κ1) is 52.2. The summed E-state index contributed by atoms with van der Waals surface area (Å²) in [6, 6.07) is 16.4. The van der Waals surface area contributed by atoms with Gasteiger partial charge in [-0.2, -0.15) is 5.26 Å². The van der Waals surface area contributed by atoms with E-state index in [9.17, 15) is 15.2 Å². The van der Waals surface area contributed by atoms with E-state index < -0.39 is 5.97 Å². The molecule has 64 heavy (non-hydrogen) atoms. The molecule has 5 rings (SSSR count). The monoisotopic (exact) mass is 955 g/mol. The van der Waals surface area contributed by atoms with Gasteiger partial charge in [0.25, 0.3) is 0 Å². The fraction of sp³-hybridized carbons (Fsp3) is 0.571. The van der Waals surface area contributed by atoms with Gasteiger partial charge in [0.2, 0.25) is 0 Å². The van der Waals surface area contributed by atoms with Crippen LogP contribution in [-0.2, 0) is 30.5 Å². The number of hydrogen-bond acceptors (Lipinski definition) is 7. The maximum absolute atomic E-state index is 12.0. The van der Waals surface area contributed by atoms with Crippen LogP contribution in [0.3, 0.4) is 0 Å². The third-order valence-corrected chi connectivity index (χ3v) is 18.8. The van der Waals surface area contributed by atoms with Gasteiger partial charge < -0.3 is 5.11 Å². The number of carbonyl (C=O) groups is 1. The molecule has 0 saturated heterocycles. The molecule has 0 unspecified atom stereocenters. The van der Waals surface area contributed by atoms with Crippen molar-refractivity contribution >= 4 is 68.7 Å². The highest BCUT2D eigenvalue weighted by Crippen LogP contribution is 2.49. The highest BCUT2D eigenvalue weighted by Gasteiger charge is 2.21. The van der Waals surface area contributed by atoms with Crippen LogP contribution in [0.15, 0.2) is 47.4 Å². The Morgan fingerprint density at radius 1 is 0.484 bits per heavy atom. The van der Waals surface area contributed by atoms with Gasteiger partial charge in [-0.1, -0.05) is 156 Å². The number of nitriles is 1. The second kappa shape index (κ2) is 29.8. The summed E-state index contributed by atoms with van der Waals surface area (Å²) < 4.78 is 0. The maximum atomic E-state index is 12.0. The molecular weight excluding hydrogens is 879 g/mol. The van der Waals surface area contributed by atoms with Crippen molar-refractivity contribution in [1.82, 2.24) is 0 Å². The Balaban J connectivity index is 1.46. The van der Waals surface area contributed by atoms with Crippen LogP contribution in [0.4, 0.5) is 0 Å². The molecule has 5 aromatic heterocycles. The summed E-state index contributed by atoms with van der Waals surface area (Å²) in [7, 11) is 0. The van der Waals surface area contributed by atoms with Crippen molar-refractivity contribution in [2.45, 2.75) is 207 Å². The average Bonchev–Trinajstić information content (AvgIpc) is 4.15. The van der Waals surface area contributed by atoms with Gasteiger partial charge in [-0.05, 0) is 121 Å². The molecule has 0 aromatic carbocycles. The van der Waals surface area contributed by atoms with E-state index in [1.54, 1.807) is 17.4 Å². The lowest BCUT2D eigenvalue weighted by molar-refractivity contribution is -0.132. The van der Waals surface area contributed by atoms with E-state index in [4.69, 9.17) is 0 Å². The Morgan fingerprint density at radius 2 is 0.891 bits per heavy atom. The number of carboxylic acid groups (broad SMARTS) is 1. The number of aliphatic carboxylic acids is 1. The minimum Gasteiger partial charge on any atom is -0.477 e. The summed E-state index contributed by atoms with van der Waals surface area (Å²) in [6.45, 7) is 9.13. The lowest BCUT2D eigenvalue weighted by Crippen LogP contribution is -1.97. The van der Waals surface area contributed by atoms with Crippen LogP contribution < -0.4 is 0 Å². The molecule has 0 aliphatic carbocycles. The topological polar surface area (TPSA) is 61.1 Å². The molecule has 0 radical (unpaired) electrons. The van der Waals surface area contributed by atoms with E-state index >= 15 is 0 Å². The SMILES string of the molecule is CCCCCCCCc1cc(-c2cc(CCCCCCCC)c(-c3ccc(-c4sc(-c5sccc5CCCCCCCC)cc4CCCCCCCC)s3)s2)sc1C=C(C#N)C(=O)O. The molecule has 0 aliphatic rings. The van der Waals surface area contributed by atoms with Crippen LogP contribution in [0.5, 0.6) is 0 Å². The van der Waals surface area contributed by atoms with E-state index in [1.165, 1.54) is 215 Å². The highest BCUT2D eigenvalue weighted by atomic mass is 32.1. The van der Waals surface area contributed by atoms with Crippen molar-refractivity contribution in [1.29, 1.82) is 5.26 Å². The van der Waals surface area contributed by atoms with Crippen molar-refractivity contribution in [2.75, 3.05) is 0 Å². The zero-order chi connectivity index (χ0) is 45.4. The first-order valence-electron chi connectivity index (χ1n) is 25.3. The Morgan fingerprint density at radius 3 is 1.38 bits per heavy atom. The predicted molar refractivity (Wildman–Crippen MR) is 287 cm³/mol. The van der Waals surface area contributed by atoms with E-state index in [1.807, 2.05) is 51.4 Å². The van der Waals surface area contributed by atoms with Gasteiger partial charge in [-0.3, -0.25) is 0 Å². The van der Waals surface area contributed by atoms with E-state index in [-0.39, 0.29) is 5.57 Å². The molecule has 1 N–H and O–H groups in total. The summed E-state index contributed by atoms with van der Waals surface area (Å²) in [5.74, 6) is -1.16. The van der Waals surface area contributed by atoms with E-state index in [2.05, 4.69) is 69.5 Å². The number of nitrogens with zero attached hydrogens (tertiary/aromatic N) is 1. The number of carboxylic acids is 1. The van der Waals surface area contributed by atoms with Crippen LogP contribution in [0.1, 0.15) is 209 Å². The lowest BCUT2D eigenvalue weighted by Gasteiger charge is -2.04. The van der Waals surface area contributed by atoms with Gasteiger partial charge in [0.1, 0.15) is 11.6 Å². The van der Waals surface area contributed by atoms with Crippen LogP contribution in [0, 0.1) is 11.3 Å². The van der Waals surface area contributed by atoms with E-state index in [0.717, 1.165) is 30.6 Å². The van der Waals surface area contributed by atoms with Crippen LogP contribution in [0.25, 0.3) is 45.1 Å². The Kier molecular flexibility index (Phi) is 24.3. The second-order valence-corrected chi connectivity index (χ2v) is 23.1. The van der Waals surface area contributed by atoms with Gasteiger partial charge in [-0.25, -0.2) is 4.79 Å². The molecule has 0 spiro atoms. The zero-order valence-corrected chi connectivity index (χ0v) is 43.8. The molecule has 0 amide bonds. The standard InChI is InChI=1S/C56H77NO2S5/c1-5-9-13-17-21-25-29-42-35-36-60-53(42)52-39-45(32-28-24-20-16-12-8-4)55(64-52)48-34-33-47(61-48)54-44(31-27-23-19-15-11-7-3)38-51(63-54)50-37-43(30-26-22-18-14-10-6-2)49(62-50)40-46(41-57)56(58)59/h33-40H,5-32H2,1-4H3,(H,58,59). The quantitative estimate of drug-likeness (QED) is 0.0254. The highest BCUT2D eigenvalue weighted by molar-refractivity contribution is 7.29. The molecule has 0 aliphatic heterocycles. The van der Waals surface area contributed by atoms with Gasteiger partial charge in [0, 0.05) is 43.9 Å². The molecule has 3 nitrogen and oxygen atoms in total. The van der Waals surface area contributed by atoms with Crippen molar-refractivity contribution in [2.24, 2.45) is 0 Å². The third-order valence-electron chi connectivity index (χ3n) is 12.6. The fourth-order valence-corrected chi connectivity index (χ4v) is 14.8. The summed E-state index contributed by atoms with van der Waals surface area (Å²) in [6.07, 6.45) is 36.6. The lowest BCUT2D eigenvalue weighted by atomic mass is 10.0. The summed E-state index contributed by atoms with van der Waals surface area (Å²) in [4.78, 5) is 23.9. The molecule has 0 bridgehead atoms. The largest absolute Gasteiger partial charge is 0.477 e. The maximum Gasteiger partial charge on any atom is 0.346 e. The number of thiophene rings is 5. The van der Waals surface area contributed by atoms with Crippen LogP contribution in [0.2, 0.25) is 0 Å². The van der Waals surface area contributed by atoms with Gasteiger partial charge >= 0.3 is 5.97 Å². The molecule has 5 heterocycles. The third kappa shape index (κ3) is 16.5. The fourth-order valence-electron chi connectivity index (χ4n) is 8.75. The predicted octanol–water partition coefficient (Wildman–Crippen LogP) is 20.3. The molecule has 0 atom stereocenters. The van der Waals surface area contributed by atoms with Crippen LogP contribution in [-0.4, -0.2) is 11.1 Å². The summed E-state index contributed by atoms with van der Waals surface area (Å²) in [5.41, 5.74) is 5.47. The first-order chi connectivity index (χ1) is 31.4. The number of unbranched alkanes of at least 4 members (excludes halogenated alkanes) is 20. The van der Waals surface area contributed by atoms with Crippen molar-refractivity contribution in [3.63, 3.8) is 0 Å². The minimum atomic E-state index is -1.16. The van der Waals surface area contributed by atoms with Crippen molar-refractivity contribution < 1.29 is 9.90 Å². The first-order valence-corrected chi connectivity index (χ1v) is 29.5. The Hall–Kier alpha value is -2.80. The summed E-state index contributed by atoms with van der Waals surface area (Å²) >= 11 is 9.49. The zero-order valence-electron chi connectivity index (χ0n) is 39.8. The van der Waals surface area contributed by atoms with E-state index in [0.29, 0.717) is 0 Å². The Labute approximate surface area is 408 Å². The van der Waals surface area contributed by atoms with Gasteiger partial charge in [0.05, 0.1) is 0 Å². The van der Waals surface area contributed by atoms with Gasteiger partial charge in [-0.15, -0.1) is 56.7 Å². The van der Waals surface area contributed by atoms with Crippen molar-refractivity contribution in [3.05, 3.63) is 74.5 Å². The second-order valence-electron chi connectivity index (χ2n) is 17.9. The number of aryl methyl sites for hydroxylation is 4. The summed E-state index contributed by atoms with van der Waals surface area (Å²) in [5, 5.41) is 21.8. The smallest absolute Gasteiger partial charge is 0.346 e. The molecule has 8 heteroatoms. The van der Waals surface area contributed by atoms with Gasteiger partial charge in [0.15, 0.2) is 0 Å². The molecular formula is C56H77NO2S5. The minimum absolute atomic E-state index is 0.194. The number of rotatable bonds is 34. The Bertz CT molecular complexity index is 2160. The molecule has 0 saturated carbocycles. The van der Waals surface area contributed by atoms with Crippen molar-refractivity contribution in [3.8, 4) is 45.1 Å². The molecule has 5 aromatic rings.